The summed E-state index contributed by atoms with van der Waals surface area (Å²) in [6.07, 6.45) is 6.91. The molecule has 1 aliphatic heterocycles. The van der Waals surface area contributed by atoms with Crippen LogP contribution in [0.5, 0.6) is 0 Å². The van der Waals surface area contributed by atoms with E-state index in [0.29, 0.717) is 13.0 Å². The van der Waals surface area contributed by atoms with Crippen molar-refractivity contribution in [2.75, 3.05) is 6.54 Å². The van der Waals surface area contributed by atoms with Crippen molar-refractivity contribution in [1.29, 1.82) is 0 Å². The number of nitrogens with two attached hydrogens (primary N) is 1. The second kappa shape index (κ2) is 13.7. The molecule has 4 N–H and O–H groups in total. The molecule has 3 fully saturated rings. The normalized spacial score (nSPS) is 25.2. The largest absolute Gasteiger partial charge is 0.383 e. The Labute approximate surface area is 221 Å². The van der Waals surface area contributed by atoms with Crippen LogP contribution < -0.4 is 11.1 Å². The van der Waals surface area contributed by atoms with Crippen molar-refractivity contribution in [2.45, 2.75) is 109 Å². The second-order valence-electron chi connectivity index (χ2n) is 11.1. The van der Waals surface area contributed by atoms with Gasteiger partial charge >= 0.3 is 0 Å². The van der Waals surface area contributed by atoms with Gasteiger partial charge in [0.2, 0.25) is 11.8 Å². The highest BCUT2D eigenvalue weighted by Gasteiger charge is 2.50. The molecule has 2 aliphatic carbocycles. The predicted molar refractivity (Wildman–Crippen MR) is 140 cm³/mol. The number of likely N-dealkylation sites (tertiary alicyclic amines) is 1. The van der Waals surface area contributed by atoms with Gasteiger partial charge in [0.05, 0.1) is 12.1 Å². The van der Waals surface area contributed by atoms with Gasteiger partial charge in [-0.25, -0.2) is 0 Å². The maximum atomic E-state index is 13.6. The zero-order chi connectivity index (χ0) is 25.7. The minimum Gasteiger partial charge on any atom is -0.383 e. The van der Waals surface area contributed by atoms with Crippen LogP contribution in [0.3, 0.4) is 0 Å². The van der Waals surface area contributed by atoms with Crippen LogP contribution in [0.25, 0.3) is 0 Å². The Morgan fingerprint density at radius 3 is 2.42 bits per heavy atom. The van der Waals surface area contributed by atoms with Gasteiger partial charge in [-0.1, -0.05) is 25.3 Å². The maximum absolute atomic E-state index is 13.6. The average Bonchev–Trinajstić information content (AvgIpc) is 3.36. The fraction of sp³-hybridized carbons (Fsp3) is 0.778. The SMILES string of the molecule is CCC[C@H](CC(=O)[C@@H]1[C@H]2CCC[C@H]2CN1C(=O)[C@@H](N)CCC(=O)C=C(C)C)C(O)C(=O)NC1CC1.Cl. The van der Waals surface area contributed by atoms with Crippen molar-refractivity contribution in [3.8, 4) is 0 Å². The Bertz CT molecular complexity index is 839. The molecule has 0 aromatic rings. The van der Waals surface area contributed by atoms with E-state index in [0.717, 1.165) is 44.1 Å². The molecule has 1 unspecified atom stereocenters. The Hall–Kier alpha value is -1.77. The highest BCUT2D eigenvalue weighted by molar-refractivity contribution is 5.94. The molecule has 204 valence electrons. The topological polar surface area (TPSA) is 130 Å². The van der Waals surface area contributed by atoms with E-state index in [2.05, 4.69) is 5.32 Å². The minimum atomic E-state index is -1.23. The molecule has 3 aliphatic rings. The summed E-state index contributed by atoms with van der Waals surface area (Å²) < 4.78 is 0. The Morgan fingerprint density at radius 2 is 1.81 bits per heavy atom. The van der Waals surface area contributed by atoms with Gasteiger partial charge in [-0.3, -0.25) is 19.2 Å². The highest BCUT2D eigenvalue weighted by atomic mass is 35.5. The number of carbonyl (C=O) groups excluding carboxylic acids is 4. The highest BCUT2D eigenvalue weighted by Crippen LogP contribution is 2.43. The third-order valence-electron chi connectivity index (χ3n) is 7.73. The maximum Gasteiger partial charge on any atom is 0.249 e. The minimum absolute atomic E-state index is 0. The van der Waals surface area contributed by atoms with Gasteiger partial charge in [0.15, 0.2) is 11.6 Å². The number of hydrogen-bond donors (Lipinski definition) is 3. The van der Waals surface area contributed by atoms with Crippen molar-refractivity contribution in [3.63, 3.8) is 0 Å². The molecule has 0 radical (unpaired) electrons. The molecule has 6 atom stereocenters. The zero-order valence-corrected chi connectivity index (χ0v) is 22.7. The number of aliphatic hydroxyl groups is 1. The number of nitrogens with one attached hydrogen (secondary N) is 1. The number of amides is 2. The number of hydrogen-bond acceptors (Lipinski definition) is 6. The number of halogens is 1. The van der Waals surface area contributed by atoms with Crippen LogP contribution in [-0.2, 0) is 19.2 Å². The molecular weight excluding hydrogens is 482 g/mol. The molecule has 3 rings (SSSR count). The number of rotatable bonds is 13. The van der Waals surface area contributed by atoms with E-state index in [4.69, 9.17) is 5.73 Å². The van der Waals surface area contributed by atoms with Gasteiger partial charge in [0.25, 0.3) is 0 Å². The number of allylic oxidation sites excluding steroid dienone is 2. The van der Waals surface area contributed by atoms with Crippen LogP contribution in [0.4, 0.5) is 0 Å². The number of ketones is 2. The molecule has 0 spiro atoms. The van der Waals surface area contributed by atoms with Crippen LogP contribution in [0.15, 0.2) is 11.6 Å². The van der Waals surface area contributed by atoms with E-state index in [1.807, 2.05) is 20.8 Å². The lowest BCUT2D eigenvalue weighted by Gasteiger charge is -2.31. The summed E-state index contributed by atoms with van der Waals surface area (Å²) in [5.74, 6) is -0.913. The summed E-state index contributed by atoms with van der Waals surface area (Å²) >= 11 is 0. The van der Waals surface area contributed by atoms with Crippen LogP contribution >= 0.6 is 12.4 Å². The molecule has 8 nitrogen and oxygen atoms in total. The molecule has 2 amide bonds. The Morgan fingerprint density at radius 1 is 1.11 bits per heavy atom. The monoisotopic (exact) mass is 525 g/mol. The van der Waals surface area contributed by atoms with Crippen molar-refractivity contribution in [3.05, 3.63) is 11.6 Å². The molecule has 36 heavy (non-hydrogen) atoms. The van der Waals surface area contributed by atoms with Crippen LogP contribution in [0, 0.1) is 17.8 Å². The first-order chi connectivity index (χ1) is 16.6. The Kier molecular flexibility index (Phi) is 11.6. The van der Waals surface area contributed by atoms with Gasteiger partial charge in [0, 0.05) is 31.3 Å². The first-order valence-corrected chi connectivity index (χ1v) is 13.4. The number of fused-ring (bicyclic) bond motifs is 1. The number of aliphatic hydroxyl groups excluding tert-OH is 1. The first-order valence-electron chi connectivity index (χ1n) is 13.4. The lowest BCUT2D eigenvalue weighted by atomic mass is 9.84. The van der Waals surface area contributed by atoms with Gasteiger partial charge in [-0.2, -0.15) is 0 Å². The summed E-state index contributed by atoms with van der Waals surface area (Å²) in [5.41, 5.74) is 7.11. The van der Waals surface area contributed by atoms with Crippen molar-refractivity contribution < 1.29 is 24.3 Å². The second-order valence-corrected chi connectivity index (χ2v) is 11.1. The van der Waals surface area contributed by atoms with E-state index in [1.165, 1.54) is 0 Å². The standard InChI is InChI=1S/C27H43N3O5.ClH/c1-4-6-17(25(33)26(34)29-19-9-10-19)14-23(32)24-21-8-5-7-18(21)15-30(24)27(35)22(28)12-11-20(31)13-16(2)3;/h13,17-19,21-22,24-25,33H,4-12,14-15,28H2,1-3H3,(H,29,34);1H/t17-,18+,21+,22+,24+,25?;/m1./s1. The van der Waals surface area contributed by atoms with Gasteiger partial charge < -0.3 is 21.1 Å². The van der Waals surface area contributed by atoms with Gasteiger partial charge in [-0.15, -0.1) is 12.4 Å². The molecule has 1 heterocycles. The fourth-order valence-corrected chi connectivity index (χ4v) is 5.82. The number of carbonyl (C=O) groups is 4. The molecule has 0 aromatic heterocycles. The third kappa shape index (κ3) is 7.86. The molecule has 2 saturated carbocycles. The average molecular weight is 526 g/mol. The third-order valence-corrected chi connectivity index (χ3v) is 7.73. The van der Waals surface area contributed by atoms with Crippen LogP contribution in [-0.4, -0.2) is 64.2 Å². The van der Waals surface area contributed by atoms with E-state index >= 15 is 0 Å². The zero-order valence-electron chi connectivity index (χ0n) is 21.9. The number of nitrogens with zero attached hydrogens (tertiary/aromatic N) is 1. The van der Waals surface area contributed by atoms with Crippen molar-refractivity contribution in [2.24, 2.45) is 23.5 Å². The van der Waals surface area contributed by atoms with Gasteiger partial charge in [-0.05, 0) is 70.3 Å². The number of Topliss-reactive ketones (excluding diaryl/α,β-unsaturated/α-hetero) is 1. The van der Waals surface area contributed by atoms with Crippen molar-refractivity contribution in [1.82, 2.24) is 10.2 Å². The van der Waals surface area contributed by atoms with E-state index in [1.54, 1.807) is 11.0 Å². The molecule has 0 bridgehead atoms. The van der Waals surface area contributed by atoms with Crippen LogP contribution in [0.1, 0.15) is 85.0 Å². The van der Waals surface area contributed by atoms with Crippen LogP contribution in [0.2, 0.25) is 0 Å². The summed E-state index contributed by atoms with van der Waals surface area (Å²) in [4.78, 5) is 53.1. The first kappa shape index (κ1) is 30.5. The summed E-state index contributed by atoms with van der Waals surface area (Å²) in [6.45, 7) is 6.18. The smallest absolute Gasteiger partial charge is 0.249 e. The molecule has 9 heteroatoms. The van der Waals surface area contributed by atoms with Crippen molar-refractivity contribution >= 4 is 35.8 Å². The van der Waals surface area contributed by atoms with E-state index in [-0.39, 0.29) is 67.0 Å². The summed E-state index contributed by atoms with van der Waals surface area (Å²) in [5, 5.41) is 13.5. The quantitative estimate of drug-likeness (QED) is 0.317. The lowest BCUT2D eigenvalue weighted by molar-refractivity contribution is -0.141. The lowest BCUT2D eigenvalue weighted by Crippen LogP contribution is -2.51. The molecule has 1 saturated heterocycles. The summed E-state index contributed by atoms with van der Waals surface area (Å²) in [7, 11) is 0. The Balaban J connectivity index is 0.00000456. The predicted octanol–water partition coefficient (Wildman–Crippen LogP) is 2.69. The fourth-order valence-electron chi connectivity index (χ4n) is 5.82. The molecular formula is C27H44ClN3O5. The molecule has 0 aromatic carbocycles. The van der Waals surface area contributed by atoms with E-state index < -0.39 is 30.0 Å². The summed E-state index contributed by atoms with van der Waals surface area (Å²) in [6, 6.07) is -1.25. The van der Waals surface area contributed by atoms with Gasteiger partial charge in [0.1, 0.15) is 6.10 Å². The van der Waals surface area contributed by atoms with E-state index in [9.17, 15) is 24.3 Å².